The fourth-order valence-electron chi connectivity index (χ4n) is 2.82. The average Bonchev–Trinajstić information content (AvgIpc) is 2.98. The van der Waals surface area contributed by atoms with Gasteiger partial charge in [-0.15, -0.1) is 11.6 Å². The number of anilines is 1. The summed E-state index contributed by atoms with van der Waals surface area (Å²) in [6.45, 7) is 5.41. The third-order valence-electron chi connectivity index (χ3n) is 4.23. The predicted octanol–water partition coefficient (Wildman–Crippen LogP) is 3.23. The van der Waals surface area contributed by atoms with Gasteiger partial charge in [-0.2, -0.15) is 0 Å². The van der Waals surface area contributed by atoms with Crippen LogP contribution in [-0.2, 0) is 14.9 Å². The summed E-state index contributed by atoms with van der Waals surface area (Å²) in [7, 11) is 0. The van der Waals surface area contributed by atoms with Crippen LogP contribution in [0.25, 0.3) is 0 Å². The van der Waals surface area contributed by atoms with E-state index >= 15 is 0 Å². The molecule has 0 aliphatic carbocycles. The molecule has 1 aromatic carbocycles. The maximum atomic E-state index is 11.9. The lowest BCUT2D eigenvalue weighted by Crippen LogP contribution is -2.27. The topological polar surface area (TPSA) is 38.3 Å². The Morgan fingerprint density at radius 2 is 2.26 bits per heavy atom. The maximum absolute atomic E-state index is 11.9. The molecule has 19 heavy (non-hydrogen) atoms. The van der Waals surface area contributed by atoms with E-state index in [1.54, 1.807) is 0 Å². The van der Waals surface area contributed by atoms with Crippen LogP contribution in [0.4, 0.5) is 5.69 Å². The molecule has 2 aliphatic rings. The van der Waals surface area contributed by atoms with Crippen LogP contribution in [0.15, 0.2) is 18.2 Å². The zero-order valence-electron chi connectivity index (χ0n) is 11.2. The molecule has 1 fully saturated rings. The van der Waals surface area contributed by atoms with Crippen LogP contribution in [0.2, 0.25) is 0 Å². The van der Waals surface area contributed by atoms with Crippen LogP contribution in [-0.4, -0.2) is 19.1 Å². The summed E-state index contributed by atoms with van der Waals surface area (Å²) in [6.07, 6.45) is 1.01. The highest BCUT2D eigenvalue weighted by molar-refractivity contribution is 6.21. The van der Waals surface area contributed by atoms with Gasteiger partial charge in [0.15, 0.2) is 0 Å². The molecule has 0 bridgehead atoms. The Labute approximate surface area is 118 Å². The standard InChI is InChI=1S/C15H18ClNO2/c1-15(2)11-7-9(3-4-12(11)17-14(15)18)13(16)10-5-6-19-8-10/h3-4,7,10,13H,5-6,8H2,1-2H3,(H,17,18). The molecule has 3 rings (SSSR count). The number of ether oxygens (including phenoxy) is 1. The number of fused-ring (bicyclic) bond motifs is 1. The minimum Gasteiger partial charge on any atom is -0.381 e. The molecule has 2 heterocycles. The number of hydrogen-bond donors (Lipinski definition) is 1. The molecular formula is C15H18ClNO2. The lowest BCUT2D eigenvalue weighted by atomic mass is 9.84. The second-order valence-electron chi connectivity index (χ2n) is 5.91. The van der Waals surface area contributed by atoms with Crippen LogP contribution in [0, 0.1) is 5.92 Å². The van der Waals surface area contributed by atoms with Crippen LogP contribution >= 0.6 is 11.6 Å². The van der Waals surface area contributed by atoms with Gasteiger partial charge in [-0.05, 0) is 37.5 Å². The molecule has 3 nitrogen and oxygen atoms in total. The zero-order chi connectivity index (χ0) is 13.6. The van der Waals surface area contributed by atoms with E-state index in [1.165, 1.54) is 0 Å². The summed E-state index contributed by atoms with van der Waals surface area (Å²) in [5.41, 5.74) is 2.55. The van der Waals surface area contributed by atoms with Crippen LogP contribution in [0.3, 0.4) is 0 Å². The third kappa shape index (κ3) is 2.05. The number of alkyl halides is 1. The van der Waals surface area contributed by atoms with Crippen molar-refractivity contribution in [3.63, 3.8) is 0 Å². The maximum Gasteiger partial charge on any atom is 0.234 e. The molecule has 2 unspecified atom stereocenters. The smallest absolute Gasteiger partial charge is 0.234 e. The zero-order valence-corrected chi connectivity index (χ0v) is 12.0. The largest absolute Gasteiger partial charge is 0.381 e. The number of halogens is 1. The van der Waals surface area contributed by atoms with Crippen molar-refractivity contribution in [1.29, 1.82) is 0 Å². The number of amides is 1. The quantitative estimate of drug-likeness (QED) is 0.844. The highest BCUT2D eigenvalue weighted by Gasteiger charge is 2.39. The van der Waals surface area contributed by atoms with Crippen LogP contribution < -0.4 is 5.32 Å². The molecule has 0 spiro atoms. The SMILES string of the molecule is CC1(C)C(=O)Nc2ccc(C(Cl)C3CCOC3)cc21. The number of carbonyl (C=O) groups is 1. The van der Waals surface area contributed by atoms with Gasteiger partial charge >= 0.3 is 0 Å². The Morgan fingerprint density at radius 1 is 1.47 bits per heavy atom. The van der Waals surface area contributed by atoms with Crippen LogP contribution in [0.1, 0.15) is 36.8 Å². The molecule has 1 aromatic rings. The van der Waals surface area contributed by atoms with E-state index in [4.69, 9.17) is 16.3 Å². The number of rotatable bonds is 2. The Morgan fingerprint density at radius 3 is 2.95 bits per heavy atom. The molecule has 2 aliphatic heterocycles. The molecule has 2 atom stereocenters. The lowest BCUT2D eigenvalue weighted by Gasteiger charge is -2.19. The first kappa shape index (κ1) is 12.9. The molecule has 0 radical (unpaired) electrons. The van der Waals surface area contributed by atoms with Gasteiger partial charge in [-0.3, -0.25) is 4.79 Å². The van der Waals surface area contributed by atoms with Crippen molar-refractivity contribution in [1.82, 2.24) is 0 Å². The Balaban J connectivity index is 1.94. The lowest BCUT2D eigenvalue weighted by molar-refractivity contribution is -0.119. The van der Waals surface area contributed by atoms with Gasteiger partial charge in [0.1, 0.15) is 0 Å². The van der Waals surface area contributed by atoms with Crippen molar-refractivity contribution < 1.29 is 9.53 Å². The Hall–Kier alpha value is -1.06. The van der Waals surface area contributed by atoms with Crippen LogP contribution in [0.5, 0.6) is 0 Å². The number of benzene rings is 1. The van der Waals surface area contributed by atoms with Crippen molar-refractivity contribution >= 4 is 23.2 Å². The van der Waals surface area contributed by atoms with Crippen molar-refractivity contribution in [2.45, 2.75) is 31.1 Å². The molecule has 1 amide bonds. The Kier molecular flexibility index (Phi) is 3.06. The second kappa shape index (κ2) is 4.50. The van der Waals surface area contributed by atoms with Gasteiger partial charge in [0.2, 0.25) is 5.91 Å². The molecule has 0 saturated carbocycles. The minimum atomic E-state index is -0.478. The molecule has 4 heteroatoms. The first-order valence-electron chi connectivity index (χ1n) is 6.68. The normalized spacial score (nSPS) is 26.1. The van der Waals surface area contributed by atoms with Gasteiger partial charge in [0, 0.05) is 18.2 Å². The molecule has 102 valence electrons. The van der Waals surface area contributed by atoms with Gasteiger partial charge in [-0.25, -0.2) is 0 Å². The summed E-state index contributed by atoms with van der Waals surface area (Å²) in [5, 5.41) is 2.87. The van der Waals surface area contributed by atoms with Gasteiger partial charge in [0.05, 0.1) is 17.4 Å². The van der Waals surface area contributed by atoms with E-state index in [-0.39, 0.29) is 11.3 Å². The highest BCUT2D eigenvalue weighted by Crippen LogP contribution is 2.41. The van der Waals surface area contributed by atoms with E-state index in [1.807, 2.05) is 26.0 Å². The van der Waals surface area contributed by atoms with E-state index in [2.05, 4.69) is 11.4 Å². The highest BCUT2D eigenvalue weighted by atomic mass is 35.5. The summed E-state index contributed by atoms with van der Waals surface area (Å²) < 4.78 is 5.40. The Bertz CT molecular complexity index is 521. The fraction of sp³-hybridized carbons (Fsp3) is 0.533. The molecule has 0 aromatic heterocycles. The third-order valence-corrected chi connectivity index (χ3v) is 4.84. The van der Waals surface area contributed by atoms with Gasteiger partial charge in [-0.1, -0.05) is 12.1 Å². The molecule has 1 saturated heterocycles. The van der Waals surface area contributed by atoms with Crippen molar-refractivity contribution in [3.05, 3.63) is 29.3 Å². The van der Waals surface area contributed by atoms with Crippen molar-refractivity contribution in [2.24, 2.45) is 5.92 Å². The summed E-state index contributed by atoms with van der Waals surface area (Å²) >= 11 is 6.56. The van der Waals surface area contributed by atoms with E-state index in [0.717, 1.165) is 36.4 Å². The fourth-order valence-corrected chi connectivity index (χ4v) is 3.15. The first-order chi connectivity index (χ1) is 9.00. The summed E-state index contributed by atoms with van der Waals surface area (Å²) in [4.78, 5) is 11.9. The predicted molar refractivity (Wildman–Crippen MR) is 75.6 cm³/mol. The first-order valence-corrected chi connectivity index (χ1v) is 7.11. The average molecular weight is 280 g/mol. The van der Waals surface area contributed by atoms with E-state index < -0.39 is 5.41 Å². The second-order valence-corrected chi connectivity index (χ2v) is 6.38. The van der Waals surface area contributed by atoms with Crippen molar-refractivity contribution in [2.75, 3.05) is 18.5 Å². The van der Waals surface area contributed by atoms with Gasteiger partial charge in [0.25, 0.3) is 0 Å². The molecular weight excluding hydrogens is 262 g/mol. The van der Waals surface area contributed by atoms with E-state index in [9.17, 15) is 4.79 Å². The van der Waals surface area contributed by atoms with Gasteiger partial charge < -0.3 is 10.1 Å². The monoisotopic (exact) mass is 279 g/mol. The number of nitrogens with one attached hydrogen (secondary N) is 1. The van der Waals surface area contributed by atoms with Crippen molar-refractivity contribution in [3.8, 4) is 0 Å². The summed E-state index contributed by atoms with van der Waals surface area (Å²) in [6, 6.07) is 6.04. The number of hydrogen-bond acceptors (Lipinski definition) is 2. The van der Waals surface area contributed by atoms with E-state index in [0.29, 0.717) is 5.92 Å². The number of carbonyl (C=O) groups excluding carboxylic acids is 1. The molecule has 1 N–H and O–H groups in total. The summed E-state index contributed by atoms with van der Waals surface area (Å²) in [5.74, 6) is 0.419. The minimum absolute atomic E-state index is 0.0423.